The van der Waals surface area contributed by atoms with Gasteiger partial charge in [-0.15, -0.1) is 0 Å². The summed E-state index contributed by atoms with van der Waals surface area (Å²) in [5.41, 5.74) is 10.2. The van der Waals surface area contributed by atoms with Gasteiger partial charge >= 0.3 is 0 Å². The molecule has 0 aliphatic carbocycles. The molecule has 1 aliphatic heterocycles. The van der Waals surface area contributed by atoms with Crippen molar-refractivity contribution in [2.24, 2.45) is 0 Å². The Morgan fingerprint density at radius 1 is 1.29 bits per heavy atom. The van der Waals surface area contributed by atoms with Gasteiger partial charge in [-0.3, -0.25) is 0 Å². The number of aliphatic hydroxyl groups excluding tert-OH is 3. The molecule has 24 heavy (non-hydrogen) atoms. The fourth-order valence-corrected chi connectivity index (χ4v) is 3.80. The minimum Gasteiger partial charge on any atom is -0.398 e. The van der Waals surface area contributed by atoms with Crippen LogP contribution in [0.2, 0.25) is 0 Å². The van der Waals surface area contributed by atoms with Gasteiger partial charge in [0.25, 0.3) is 0 Å². The van der Waals surface area contributed by atoms with E-state index in [9.17, 15) is 10.2 Å². The van der Waals surface area contributed by atoms with Crippen molar-refractivity contribution in [1.82, 2.24) is 0 Å². The molecule has 0 spiro atoms. The lowest BCUT2D eigenvalue weighted by Crippen LogP contribution is -2.50. The molecule has 2 unspecified atom stereocenters. The number of aliphatic hydroxyl groups is 3. The van der Waals surface area contributed by atoms with E-state index >= 15 is 0 Å². The first-order valence-corrected chi connectivity index (χ1v) is 8.82. The highest BCUT2D eigenvalue weighted by Gasteiger charge is 2.38. The van der Waals surface area contributed by atoms with Crippen LogP contribution in [0, 0.1) is 0 Å². The molecule has 1 aromatic rings. The van der Waals surface area contributed by atoms with E-state index < -0.39 is 6.10 Å². The maximum Gasteiger partial charge on any atom is 0.0787 e. The van der Waals surface area contributed by atoms with Crippen molar-refractivity contribution in [3.63, 3.8) is 0 Å². The van der Waals surface area contributed by atoms with E-state index in [1.165, 1.54) is 0 Å². The maximum atomic E-state index is 9.85. The number of anilines is 2. The van der Waals surface area contributed by atoms with Gasteiger partial charge in [0.2, 0.25) is 0 Å². The molecule has 0 bridgehead atoms. The highest BCUT2D eigenvalue weighted by molar-refractivity contribution is 5.68. The number of fused-ring (bicyclic) bond motifs is 1. The molecule has 1 aliphatic rings. The summed E-state index contributed by atoms with van der Waals surface area (Å²) >= 11 is 0. The Morgan fingerprint density at radius 2 is 1.96 bits per heavy atom. The van der Waals surface area contributed by atoms with Crippen LogP contribution in [0.4, 0.5) is 11.4 Å². The molecule has 0 radical (unpaired) electrons. The fraction of sp³-hybridized carbons (Fsp3) is 0.684. The second-order valence-corrected chi connectivity index (χ2v) is 7.87. The van der Waals surface area contributed by atoms with Crippen LogP contribution in [0.1, 0.15) is 63.5 Å². The molecule has 5 heteroatoms. The van der Waals surface area contributed by atoms with Crippen molar-refractivity contribution < 1.29 is 15.3 Å². The summed E-state index contributed by atoms with van der Waals surface area (Å²) in [6, 6.07) is 4.15. The monoisotopic (exact) mass is 336 g/mol. The maximum absolute atomic E-state index is 9.85. The van der Waals surface area contributed by atoms with E-state index in [1.54, 1.807) is 0 Å². The molecule has 136 valence electrons. The van der Waals surface area contributed by atoms with Gasteiger partial charge in [-0.25, -0.2) is 0 Å². The molecule has 2 rings (SSSR count). The first-order valence-electron chi connectivity index (χ1n) is 8.82. The minimum atomic E-state index is -0.710. The van der Waals surface area contributed by atoms with Crippen molar-refractivity contribution in [2.45, 2.75) is 64.0 Å². The number of hydrogen-bond acceptors (Lipinski definition) is 5. The number of hydrogen-bond donors (Lipinski definition) is 4. The highest BCUT2D eigenvalue weighted by Crippen LogP contribution is 2.45. The summed E-state index contributed by atoms with van der Waals surface area (Å²) in [6.07, 6.45) is 0.620. The van der Waals surface area contributed by atoms with Gasteiger partial charge in [-0.05, 0) is 55.9 Å². The van der Waals surface area contributed by atoms with Crippen molar-refractivity contribution in [1.29, 1.82) is 0 Å². The fourth-order valence-electron chi connectivity index (χ4n) is 3.80. The number of nitrogens with two attached hydrogens (primary N) is 1. The van der Waals surface area contributed by atoms with Gasteiger partial charge in [0.05, 0.1) is 19.3 Å². The first-order chi connectivity index (χ1) is 11.2. The standard InChI is InChI=1S/C19H32N2O3/c1-12(2)15-8-18-16(7-17(15)20)13(10-22)9-19(3,4)21(18)6-5-14(24)11-23/h7-8,12-14,22-24H,5-6,9-11,20H2,1-4H3. The Kier molecular flexibility index (Phi) is 5.78. The molecular weight excluding hydrogens is 304 g/mol. The molecular formula is C19H32N2O3. The van der Waals surface area contributed by atoms with Crippen molar-refractivity contribution >= 4 is 11.4 Å². The topological polar surface area (TPSA) is 90.0 Å². The Balaban J connectivity index is 2.49. The average Bonchev–Trinajstić information content (AvgIpc) is 2.52. The lowest BCUT2D eigenvalue weighted by Gasteiger charge is -2.48. The van der Waals surface area contributed by atoms with Gasteiger partial charge < -0.3 is 26.0 Å². The third-order valence-corrected chi connectivity index (χ3v) is 5.18. The second-order valence-electron chi connectivity index (χ2n) is 7.87. The Labute approximate surface area is 145 Å². The van der Waals surface area contributed by atoms with Gasteiger partial charge in [-0.1, -0.05) is 13.8 Å². The first kappa shape index (κ1) is 19.0. The van der Waals surface area contributed by atoms with E-state index in [0.717, 1.165) is 28.9 Å². The summed E-state index contributed by atoms with van der Waals surface area (Å²) in [6.45, 7) is 9.10. The Hall–Kier alpha value is -1.30. The molecule has 5 N–H and O–H groups in total. The van der Waals surface area contributed by atoms with Crippen LogP contribution in [0.25, 0.3) is 0 Å². The lowest BCUT2D eigenvalue weighted by atomic mass is 9.78. The zero-order chi connectivity index (χ0) is 18.1. The largest absolute Gasteiger partial charge is 0.398 e. The lowest BCUT2D eigenvalue weighted by molar-refractivity contribution is 0.0882. The molecule has 1 aromatic carbocycles. The molecule has 0 aromatic heterocycles. The van der Waals surface area contributed by atoms with Crippen molar-refractivity contribution in [2.75, 3.05) is 30.4 Å². The average molecular weight is 336 g/mol. The van der Waals surface area contributed by atoms with Crippen LogP contribution in [0.5, 0.6) is 0 Å². The molecule has 0 saturated carbocycles. The van der Waals surface area contributed by atoms with E-state index in [1.807, 2.05) is 6.07 Å². The molecule has 2 atom stereocenters. The number of benzene rings is 1. The third-order valence-electron chi connectivity index (χ3n) is 5.18. The molecule has 5 nitrogen and oxygen atoms in total. The third kappa shape index (κ3) is 3.68. The summed E-state index contributed by atoms with van der Waals surface area (Å²) in [7, 11) is 0. The number of rotatable bonds is 6. The van der Waals surface area contributed by atoms with Crippen molar-refractivity contribution in [3.8, 4) is 0 Å². The van der Waals surface area contributed by atoms with Gasteiger partial charge in [-0.2, -0.15) is 0 Å². The smallest absolute Gasteiger partial charge is 0.0787 e. The quantitative estimate of drug-likeness (QED) is 0.598. The van der Waals surface area contributed by atoms with Crippen LogP contribution in [0.15, 0.2) is 12.1 Å². The van der Waals surface area contributed by atoms with Gasteiger partial charge in [0.15, 0.2) is 0 Å². The summed E-state index contributed by atoms with van der Waals surface area (Å²) < 4.78 is 0. The Morgan fingerprint density at radius 3 is 2.50 bits per heavy atom. The summed E-state index contributed by atoms with van der Waals surface area (Å²) in [5, 5.41) is 28.7. The molecule has 1 heterocycles. The highest BCUT2D eigenvalue weighted by atomic mass is 16.3. The van der Waals surface area contributed by atoms with E-state index in [2.05, 4.69) is 38.7 Å². The predicted octanol–water partition coefficient (Wildman–Crippen LogP) is 2.20. The molecule has 0 amide bonds. The summed E-state index contributed by atoms with van der Waals surface area (Å²) in [4.78, 5) is 2.29. The van der Waals surface area contributed by atoms with E-state index in [-0.39, 0.29) is 24.7 Å². The number of nitrogens with zero attached hydrogens (tertiary/aromatic N) is 1. The van der Waals surface area contributed by atoms with Gasteiger partial charge in [0.1, 0.15) is 0 Å². The van der Waals surface area contributed by atoms with Crippen molar-refractivity contribution in [3.05, 3.63) is 23.3 Å². The van der Waals surface area contributed by atoms with Crippen LogP contribution in [-0.4, -0.2) is 46.7 Å². The zero-order valence-corrected chi connectivity index (χ0v) is 15.3. The molecule has 0 saturated heterocycles. The SMILES string of the molecule is CC(C)c1cc2c(cc1N)C(CO)CC(C)(C)N2CCC(O)CO. The van der Waals surface area contributed by atoms with E-state index in [0.29, 0.717) is 18.9 Å². The predicted molar refractivity (Wildman–Crippen MR) is 98.5 cm³/mol. The van der Waals surface area contributed by atoms with Crippen LogP contribution < -0.4 is 10.6 Å². The summed E-state index contributed by atoms with van der Waals surface area (Å²) in [5.74, 6) is 0.385. The normalized spacial score (nSPS) is 21.0. The van der Waals surface area contributed by atoms with Crippen LogP contribution in [-0.2, 0) is 0 Å². The number of nitrogen functional groups attached to an aromatic ring is 1. The molecule has 0 fully saturated rings. The van der Waals surface area contributed by atoms with Crippen LogP contribution in [0.3, 0.4) is 0 Å². The van der Waals surface area contributed by atoms with E-state index in [4.69, 9.17) is 10.8 Å². The van der Waals surface area contributed by atoms with Crippen LogP contribution >= 0.6 is 0 Å². The Bertz CT molecular complexity index is 572. The second kappa shape index (κ2) is 7.30. The van der Waals surface area contributed by atoms with Gasteiger partial charge in [0, 0.05) is 29.4 Å². The zero-order valence-electron chi connectivity index (χ0n) is 15.3. The minimum absolute atomic E-state index is 0.0672.